The fourth-order valence-corrected chi connectivity index (χ4v) is 35.6. The molecule has 0 heterocycles. The predicted molar refractivity (Wildman–Crippen MR) is 304 cm³/mol. The molecule has 10 aromatic carbocycles. The zero-order valence-corrected chi connectivity index (χ0v) is 44.7. The molecule has 0 bridgehead atoms. The van der Waals surface area contributed by atoms with Crippen molar-refractivity contribution in [1.29, 1.82) is 0 Å². The molecule has 10 aromatic rings. The van der Waals surface area contributed by atoms with Gasteiger partial charge in [0.05, 0.1) is 0 Å². The van der Waals surface area contributed by atoms with Crippen LogP contribution < -0.4 is 0 Å². The van der Waals surface area contributed by atoms with E-state index in [4.69, 9.17) is 0 Å². The van der Waals surface area contributed by atoms with Gasteiger partial charge in [-0.2, -0.15) is 0 Å². The van der Waals surface area contributed by atoms with Gasteiger partial charge in [0, 0.05) is 0 Å². The van der Waals surface area contributed by atoms with Gasteiger partial charge >= 0.3 is 427 Å². The van der Waals surface area contributed by atoms with Crippen LogP contribution in [0.1, 0.15) is 81.9 Å². The predicted octanol–water partition coefficient (Wildman–Crippen LogP) is 19.5. The van der Waals surface area contributed by atoms with E-state index in [2.05, 4.69) is 233 Å². The first-order chi connectivity index (χ1) is 34.5. The van der Waals surface area contributed by atoms with Gasteiger partial charge in [0.15, 0.2) is 0 Å². The summed E-state index contributed by atoms with van der Waals surface area (Å²) in [6, 6.07) is 74.4. The van der Waals surface area contributed by atoms with E-state index < -0.39 is 26.8 Å². The van der Waals surface area contributed by atoms with Gasteiger partial charge in [-0.3, -0.25) is 0 Å². The van der Waals surface area contributed by atoms with Gasteiger partial charge in [-0.15, -0.1) is 0 Å². The van der Waals surface area contributed by atoms with Crippen molar-refractivity contribution < 1.29 is 20.9 Å². The van der Waals surface area contributed by atoms with Gasteiger partial charge in [-0.05, 0) is 0 Å². The minimum absolute atomic E-state index is 0.460. The van der Waals surface area contributed by atoms with Gasteiger partial charge in [0.25, 0.3) is 0 Å². The standard InChI is InChI=1S/2C33H27.C2H7Si.Zr/c2*1-2-3-10-23-21-32-30(28-17-8-13-24-11-4-6-15-26(24)28)19-20-31(33(32)22-23)29-18-9-14-25-12-5-7-16-27(25)29;1-3-2;/h2*4-9,11-22H,2-3,10H2,1H3;3H,1-2H3;. The van der Waals surface area contributed by atoms with E-state index in [0.29, 0.717) is 7.25 Å². The van der Waals surface area contributed by atoms with Crippen molar-refractivity contribution in [2.24, 2.45) is 0 Å². The van der Waals surface area contributed by atoms with Gasteiger partial charge in [0.2, 0.25) is 0 Å². The van der Waals surface area contributed by atoms with E-state index in [1.807, 2.05) is 0 Å². The van der Waals surface area contributed by atoms with Crippen LogP contribution in [0, 0.1) is 0 Å². The molecular weight excluding hydrogens is 936 g/mol. The fraction of sp³-hybridized carbons (Fsp3) is 0.176. The molecule has 0 amide bonds. The summed E-state index contributed by atoms with van der Waals surface area (Å²) in [5.41, 5.74) is 20.9. The summed E-state index contributed by atoms with van der Waals surface area (Å²) in [7, 11) is 0. The van der Waals surface area contributed by atoms with Crippen molar-refractivity contribution in [2.45, 2.75) is 72.7 Å². The van der Waals surface area contributed by atoms with Crippen LogP contribution in [0.2, 0.25) is 13.1 Å². The van der Waals surface area contributed by atoms with Crippen LogP contribution in [0.3, 0.4) is 0 Å². The number of fused-ring (bicyclic) bond motifs is 6. The van der Waals surface area contributed by atoms with Gasteiger partial charge in [-0.25, -0.2) is 0 Å². The second kappa shape index (κ2) is 19.2. The Kier molecular flexibility index (Phi) is 12.3. The summed E-state index contributed by atoms with van der Waals surface area (Å²) in [5.74, 6) is -1.33. The molecule has 0 nitrogen and oxygen atoms in total. The number of benzene rings is 10. The zero-order chi connectivity index (χ0) is 47.3. The molecule has 0 aliphatic heterocycles. The van der Waals surface area contributed by atoms with Gasteiger partial charge in [-0.1, -0.05) is 0 Å². The third kappa shape index (κ3) is 7.75. The molecule has 0 N–H and O–H groups in total. The van der Waals surface area contributed by atoms with Crippen molar-refractivity contribution in [3.05, 3.63) is 228 Å². The maximum atomic E-state index is 2.78. The van der Waals surface area contributed by atoms with Crippen LogP contribution in [-0.4, -0.2) is 5.92 Å². The van der Waals surface area contributed by atoms with Crippen molar-refractivity contribution >= 4 is 61.2 Å². The van der Waals surface area contributed by atoms with E-state index in [0.717, 1.165) is 12.8 Å². The number of rotatable bonds is 13. The van der Waals surface area contributed by atoms with E-state index in [9.17, 15) is 0 Å². The van der Waals surface area contributed by atoms with Crippen LogP contribution in [0.5, 0.6) is 0 Å². The molecule has 341 valence electrons. The number of allylic oxidation sites excluding steroid dienone is 2. The second-order valence-corrected chi connectivity index (χ2v) is 40.3. The van der Waals surface area contributed by atoms with E-state index in [1.165, 1.54) is 124 Å². The minimum atomic E-state index is -2.78. The van der Waals surface area contributed by atoms with E-state index >= 15 is 0 Å². The molecule has 0 saturated heterocycles. The molecule has 12 rings (SSSR count). The molecule has 2 aliphatic rings. The summed E-state index contributed by atoms with van der Waals surface area (Å²) in [4.78, 5) is 0. The molecule has 0 fully saturated rings. The third-order valence-corrected chi connectivity index (χ3v) is 37.5. The summed E-state index contributed by atoms with van der Waals surface area (Å²) in [6.45, 7) is 10.3. The normalized spacial score (nSPS) is 15.2. The average Bonchev–Trinajstić information content (AvgIpc) is 3.97. The first-order valence-electron chi connectivity index (χ1n) is 26.1. The van der Waals surface area contributed by atoms with Crippen LogP contribution in [-0.2, 0) is 20.9 Å². The quantitative estimate of drug-likeness (QED) is 0.101. The Bertz CT molecular complexity index is 3440. The number of hydrogen-bond acceptors (Lipinski definition) is 0. The second-order valence-electron chi connectivity index (χ2n) is 20.2. The maximum absolute atomic E-state index is 2.78. The van der Waals surface area contributed by atoms with Crippen LogP contribution in [0.25, 0.3) is 99.7 Å². The molecule has 0 saturated carbocycles. The first-order valence-corrected chi connectivity index (χ1v) is 36.0. The third-order valence-electron chi connectivity index (χ3n) is 15.8. The Morgan fingerprint density at radius 2 is 0.643 bits per heavy atom. The Labute approximate surface area is 423 Å². The summed E-state index contributed by atoms with van der Waals surface area (Å²) >= 11 is -2.78. The van der Waals surface area contributed by atoms with Gasteiger partial charge in [0.1, 0.15) is 0 Å². The Balaban J connectivity index is 1.17. The van der Waals surface area contributed by atoms with Crippen LogP contribution in [0.15, 0.2) is 205 Å². The average molecular weight is 998 g/mol. The Morgan fingerprint density at radius 1 is 0.343 bits per heavy atom. The van der Waals surface area contributed by atoms with Crippen molar-refractivity contribution in [3.8, 4) is 44.5 Å². The molecule has 0 aromatic heterocycles. The molecule has 2 aliphatic carbocycles. The summed E-state index contributed by atoms with van der Waals surface area (Å²) in [6.07, 6.45) is 12.7. The molecular formula is C68H61SiZr. The first kappa shape index (κ1) is 45.0. The Hall–Kier alpha value is -6.18. The summed E-state index contributed by atoms with van der Waals surface area (Å²) in [5, 5.41) is 10.6. The van der Waals surface area contributed by atoms with Crippen molar-refractivity contribution in [1.82, 2.24) is 0 Å². The molecule has 2 unspecified atom stereocenters. The fourth-order valence-electron chi connectivity index (χ4n) is 12.7. The molecule has 70 heavy (non-hydrogen) atoms. The molecule has 0 radical (unpaired) electrons. The molecule has 2 atom stereocenters. The van der Waals surface area contributed by atoms with Crippen molar-refractivity contribution in [3.63, 3.8) is 0 Å². The zero-order valence-electron chi connectivity index (χ0n) is 41.1. The van der Waals surface area contributed by atoms with Crippen LogP contribution in [0.4, 0.5) is 0 Å². The topological polar surface area (TPSA) is 0 Å². The molecule has 0 spiro atoms. The number of hydrogen-bond donors (Lipinski definition) is 0. The van der Waals surface area contributed by atoms with Gasteiger partial charge < -0.3 is 0 Å². The van der Waals surface area contributed by atoms with E-state index in [1.54, 1.807) is 22.3 Å². The summed E-state index contributed by atoms with van der Waals surface area (Å²) < 4.78 is 0.920. The van der Waals surface area contributed by atoms with E-state index in [-0.39, 0.29) is 0 Å². The van der Waals surface area contributed by atoms with Crippen LogP contribution >= 0.6 is 0 Å². The molecule has 2 heteroatoms. The van der Waals surface area contributed by atoms with Crippen molar-refractivity contribution in [2.75, 3.05) is 0 Å². The number of unbranched alkanes of at least 4 members (excludes halogenated alkanes) is 2. The SMILES string of the molecule is CCCCC1=Cc2c(-c3cccc4ccccc34)ccc(-c3cccc4ccccc34)c2[CH]1[Zr]([CH]1C(CCCC)=Cc2c(-c3cccc4ccccc34)ccc(-c3cccc4ccccc34)c21)[SiH](C)C. The monoisotopic (exact) mass is 995 g/mol. The Morgan fingerprint density at radius 3 is 0.971 bits per heavy atom.